The lowest BCUT2D eigenvalue weighted by atomic mass is 9.78. The second kappa shape index (κ2) is 8.21. The van der Waals surface area contributed by atoms with E-state index in [4.69, 9.17) is 9.47 Å². The van der Waals surface area contributed by atoms with Crippen molar-refractivity contribution in [3.05, 3.63) is 58.1 Å². The number of methoxy groups -OCH3 is 1. The van der Waals surface area contributed by atoms with E-state index in [1.807, 2.05) is 36.4 Å². The first-order valence-corrected chi connectivity index (χ1v) is 10.4. The molecule has 2 aromatic carbocycles. The van der Waals surface area contributed by atoms with Crippen molar-refractivity contribution in [3.63, 3.8) is 0 Å². The molecule has 0 saturated carbocycles. The number of ether oxygens (including phenoxy) is 2. The molecule has 3 aliphatic rings. The van der Waals surface area contributed by atoms with E-state index in [1.165, 1.54) is 5.56 Å². The molecule has 4 nitrogen and oxygen atoms in total. The summed E-state index contributed by atoms with van der Waals surface area (Å²) < 4.78 is 12.6. The molecule has 0 radical (unpaired) electrons. The van der Waals surface area contributed by atoms with Crippen LogP contribution in [0.25, 0.3) is 0 Å². The third kappa shape index (κ3) is 4.15. The molecule has 0 spiro atoms. The Morgan fingerprint density at radius 3 is 2.41 bits per heavy atom. The number of nitrogens with zero attached hydrogens (tertiary/aromatic N) is 1. The fourth-order valence-corrected chi connectivity index (χ4v) is 4.58. The minimum absolute atomic E-state index is 0.216. The van der Waals surface area contributed by atoms with Crippen molar-refractivity contribution < 1.29 is 14.6 Å². The number of fused-ring (bicyclic) bond motifs is 3. The molecule has 27 heavy (non-hydrogen) atoms. The van der Waals surface area contributed by atoms with Gasteiger partial charge in [0.15, 0.2) is 11.5 Å². The first-order chi connectivity index (χ1) is 13.1. The van der Waals surface area contributed by atoms with Gasteiger partial charge in [-0.15, -0.1) is 0 Å². The molecular weight excluding hydrogens is 406 g/mol. The van der Waals surface area contributed by atoms with E-state index >= 15 is 0 Å². The molecule has 1 N–H and O–H groups in total. The van der Waals surface area contributed by atoms with Crippen LogP contribution in [0.2, 0.25) is 0 Å². The number of aliphatic hydroxyl groups is 1. The monoisotopic (exact) mass is 431 g/mol. The molecule has 0 aromatic heterocycles. The Bertz CT molecular complexity index is 770. The molecule has 2 bridgehead atoms. The summed E-state index contributed by atoms with van der Waals surface area (Å²) in [6.07, 6.45) is 2.89. The maximum atomic E-state index is 10.6. The van der Waals surface area contributed by atoms with Crippen LogP contribution in [0, 0.1) is 5.92 Å². The van der Waals surface area contributed by atoms with Crippen LogP contribution in [0.5, 0.6) is 11.5 Å². The Morgan fingerprint density at radius 2 is 1.74 bits per heavy atom. The molecule has 0 aliphatic carbocycles. The van der Waals surface area contributed by atoms with E-state index in [2.05, 4.69) is 26.9 Å². The average Bonchev–Trinajstić information content (AvgIpc) is 2.71. The van der Waals surface area contributed by atoms with E-state index in [-0.39, 0.29) is 12.1 Å². The van der Waals surface area contributed by atoms with E-state index in [1.54, 1.807) is 7.11 Å². The Morgan fingerprint density at radius 1 is 1.04 bits per heavy atom. The van der Waals surface area contributed by atoms with E-state index in [0.717, 1.165) is 53.9 Å². The van der Waals surface area contributed by atoms with E-state index in [0.29, 0.717) is 12.5 Å². The first kappa shape index (κ1) is 18.8. The molecule has 3 heterocycles. The van der Waals surface area contributed by atoms with E-state index < -0.39 is 0 Å². The first-order valence-electron chi connectivity index (χ1n) is 9.60. The van der Waals surface area contributed by atoms with Crippen molar-refractivity contribution in [2.45, 2.75) is 38.0 Å². The zero-order valence-electron chi connectivity index (χ0n) is 15.6. The van der Waals surface area contributed by atoms with Gasteiger partial charge in [0.1, 0.15) is 6.61 Å². The van der Waals surface area contributed by atoms with Crippen LogP contribution in [-0.2, 0) is 13.0 Å². The van der Waals surface area contributed by atoms with Gasteiger partial charge >= 0.3 is 0 Å². The smallest absolute Gasteiger partial charge is 0.161 e. The number of piperidine rings is 3. The predicted octanol–water partition coefficient (Wildman–Crippen LogP) is 4.03. The average molecular weight is 432 g/mol. The van der Waals surface area contributed by atoms with E-state index in [9.17, 15) is 5.11 Å². The highest BCUT2D eigenvalue weighted by Gasteiger charge is 2.40. The maximum Gasteiger partial charge on any atom is 0.161 e. The second-order valence-electron chi connectivity index (χ2n) is 7.54. The van der Waals surface area contributed by atoms with Gasteiger partial charge in [0.2, 0.25) is 0 Å². The normalized spacial score (nSPS) is 26.8. The minimum Gasteiger partial charge on any atom is -0.493 e. The Labute approximate surface area is 169 Å². The van der Waals surface area contributed by atoms with Gasteiger partial charge in [-0.3, -0.25) is 4.90 Å². The second-order valence-corrected chi connectivity index (χ2v) is 8.45. The highest BCUT2D eigenvalue weighted by atomic mass is 79.9. The highest BCUT2D eigenvalue weighted by Crippen LogP contribution is 2.35. The summed E-state index contributed by atoms with van der Waals surface area (Å²) in [5.74, 6) is 1.96. The van der Waals surface area contributed by atoms with Gasteiger partial charge in [-0.2, -0.15) is 0 Å². The summed E-state index contributed by atoms with van der Waals surface area (Å²) in [7, 11) is 1.67. The topological polar surface area (TPSA) is 41.9 Å². The zero-order valence-corrected chi connectivity index (χ0v) is 17.2. The number of benzene rings is 2. The molecular formula is C22H26BrNO3. The SMILES string of the molecule is COc1cc(CC2C(O)C3CCN2CC3)ccc1OCc1ccc(Br)cc1. The van der Waals surface area contributed by atoms with Crippen molar-refractivity contribution in [3.8, 4) is 11.5 Å². The van der Waals surface area contributed by atoms with Gasteiger partial charge in [-0.25, -0.2) is 0 Å². The quantitative estimate of drug-likeness (QED) is 0.749. The number of aliphatic hydroxyl groups excluding tert-OH is 1. The summed E-state index contributed by atoms with van der Waals surface area (Å²) >= 11 is 3.45. The van der Waals surface area contributed by atoms with Crippen LogP contribution in [0.3, 0.4) is 0 Å². The Hall–Kier alpha value is -1.56. The van der Waals surface area contributed by atoms with Crippen LogP contribution in [-0.4, -0.2) is 42.4 Å². The standard InChI is InChI=1S/C22H26BrNO3/c1-26-21-13-16(12-19-22(25)17-8-10-24(19)11-9-17)4-7-20(21)27-14-15-2-5-18(23)6-3-15/h2-7,13,17,19,22,25H,8-12,14H2,1H3. The largest absolute Gasteiger partial charge is 0.493 e. The van der Waals surface area contributed by atoms with Crippen LogP contribution >= 0.6 is 15.9 Å². The third-order valence-corrected chi connectivity index (χ3v) is 6.43. The van der Waals surface area contributed by atoms with Crippen molar-refractivity contribution >= 4 is 15.9 Å². The van der Waals surface area contributed by atoms with Gasteiger partial charge in [-0.1, -0.05) is 34.1 Å². The van der Waals surface area contributed by atoms with Crippen LogP contribution < -0.4 is 9.47 Å². The summed E-state index contributed by atoms with van der Waals surface area (Å²) in [5.41, 5.74) is 2.29. The molecule has 3 saturated heterocycles. The lowest BCUT2D eigenvalue weighted by Crippen LogP contribution is -2.58. The zero-order chi connectivity index (χ0) is 18.8. The predicted molar refractivity (Wildman–Crippen MR) is 109 cm³/mol. The lowest BCUT2D eigenvalue weighted by Gasteiger charge is -2.49. The van der Waals surface area contributed by atoms with Crippen molar-refractivity contribution in [1.82, 2.24) is 4.90 Å². The van der Waals surface area contributed by atoms with Crippen molar-refractivity contribution in [1.29, 1.82) is 0 Å². The third-order valence-electron chi connectivity index (χ3n) is 5.90. The highest BCUT2D eigenvalue weighted by molar-refractivity contribution is 9.10. The Kier molecular flexibility index (Phi) is 5.71. The summed E-state index contributed by atoms with van der Waals surface area (Å²) in [6, 6.07) is 14.4. The molecule has 144 valence electrons. The summed E-state index contributed by atoms with van der Waals surface area (Å²) in [6.45, 7) is 2.72. The summed E-state index contributed by atoms with van der Waals surface area (Å²) in [4.78, 5) is 2.44. The Balaban J connectivity index is 1.44. The molecule has 2 aromatic rings. The number of hydrogen-bond donors (Lipinski definition) is 1. The lowest BCUT2D eigenvalue weighted by molar-refractivity contribution is -0.0715. The molecule has 5 rings (SSSR count). The van der Waals surface area contributed by atoms with Gasteiger partial charge < -0.3 is 14.6 Å². The molecule has 2 atom stereocenters. The maximum absolute atomic E-state index is 10.6. The van der Waals surface area contributed by atoms with Crippen LogP contribution in [0.1, 0.15) is 24.0 Å². The van der Waals surface area contributed by atoms with Gasteiger partial charge in [0.25, 0.3) is 0 Å². The molecule has 0 amide bonds. The minimum atomic E-state index is -0.216. The van der Waals surface area contributed by atoms with Crippen molar-refractivity contribution in [2.75, 3.05) is 20.2 Å². The molecule has 2 unspecified atom stereocenters. The van der Waals surface area contributed by atoms with Crippen LogP contribution in [0.15, 0.2) is 46.9 Å². The van der Waals surface area contributed by atoms with Crippen LogP contribution in [0.4, 0.5) is 0 Å². The van der Waals surface area contributed by atoms with Gasteiger partial charge in [0, 0.05) is 10.5 Å². The fourth-order valence-electron chi connectivity index (χ4n) is 4.31. The molecule has 5 heteroatoms. The number of rotatable bonds is 6. The number of halogens is 1. The molecule has 3 fully saturated rings. The van der Waals surface area contributed by atoms with Crippen molar-refractivity contribution in [2.24, 2.45) is 5.92 Å². The van der Waals surface area contributed by atoms with Gasteiger partial charge in [-0.05, 0) is 73.7 Å². The number of hydrogen-bond acceptors (Lipinski definition) is 4. The summed E-state index contributed by atoms with van der Waals surface area (Å²) in [5, 5.41) is 10.6. The molecule has 3 aliphatic heterocycles. The fraction of sp³-hybridized carbons (Fsp3) is 0.455. The van der Waals surface area contributed by atoms with Gasteiger partial charge in [0.05, 0.1) is 13.2 Å².